The van der Waals surface area contributed by atoms with Gasteiger partial charge in [0.2, 0.25) is 8.32 Å². The van der Waals surface area contributed by atoms with Crippen LogP contribution in [0.25, 0.3) is 11.1 Å². The minimum atomic E-state index is -1.97. The third kappa shape index (κ3) is 3.72. The first kappa shape index (κ1) is 19.4. The number of rotatable bonds is 5. The predicted octanol–water partition coefficient (Wildman–Crippen LogP) is 5.96. The van der Waals surface area contributed by atoms with Crippen LogP contribution in [0.3, 0.4) is 0 Å². The second-order valence-electron chi connectivity index (χ2n) is 8.74. The molecule has 3 rings (SSSR count). The lowest BCUT2D eigenvalue weighted by atomic mass is 9.90. The summed E-state index contributed by atoms with van der Waals surface area (Å²) in [7, 11) is -1.97. The average Bonchev–Trinajstić information content (AvgIpc) is 2.96. The Kier molecular flexibility index (Phi) is 5.04. The van der Waals surface area contributed by atoms with Gasteiger partial charge in [-0.1, -0.05) is 63.2 Å². The molecule has 0 spiro atoms. The topological polar surface area (TPSA) is 46.5 Å². The van der Waals surface area contributed by atoms with E-state index in [0.717, 1.165) is 23.1 Å². The monoisotopic (exact) mass is 380 g/mol. The molecular formula is C23H28O3Si. The number of hydrogen-bond donors (Lipinski definition) is 1. The Morgan fingerprint density at radius 2 is 1.78 bits per heavy atom. The Labute approximate surface area is 162 Å². The number of fused-ring (bicyclic) bond motifs is 3. The molecule has 0 radical (unpaired) electrons. The Balaban J connectivity index is 1.96. The van der Waals surface area contributed by atoms with Crippen LogP contribution in [0, 0.1) is 0 Å². The van der Waals surface area contributed by atoms with Gasteiger partial charge in [0, 0.05) is 0 Å². The zero-order chi connectivity index (χ0) is 19.8. The first-order chi connectivity index (χ1) is 12.6. The number of carboxylic acid groups (broad SMARTS) is 1. The van der Waals surface area contributed by atoms with Gasteiger partial charge in [0.15, 0.2) is 0 Å². The van der Waals surface area contributed by atoms with Gasteiger partial charge in [-0.25, -0.2) is 0 Å². The minimum Gasteiger partial charge on any atom is -0.549 e. The van der Waals surface area contributed by atoms with Gasteiger partial charge in [-0.3, -0.25) is 4.79 Å². The first-order valence-corrected chi connectivity index (χ1v) is 12.3. The van der Waals surface area contributed by atoms with Gasteiger partial charge in [-0.2, -0.15) is 0 Å². The first-order valence-electron chi connectivity index (χ1n) is 9.39. The van der Waals surface area contributed by atoms with E-state index >= 15 is 0 Å². The largest absolute Gasteiger partial charge is 0.549 e. The Morgan fingerprint density at radius 1 is 1.11 bits per heavy atom. The van der Waals surface area contributed by atoms with Crippen molar-refractivity contribution < 1.29 is 14.3 Å². The molecule has 0 aromatic heterocycles. The van der Waals surface area contributed by atoms with E-state index in [4.69, 9.17) is 4.43 Å². The fourth-order valence-electron chi connectivity index (χ4n) is 3.26. The molecule has 4 heteroatoms. The molecule has 0 saturated heterocycles. The Morgan fingerprint density at radius 3 is 2.44 bits per heavy atom. The van der Waals surface area contributed by atoms with Gasteiger partial charge in [0.25, 0.3) is 0 Å². The van der Waals surface area contributed by atoms with Gasteiger partial charge in [-0.15, -0.1) is 0 Å². The number of hydrogen-bond acceptors (Lipinski definition) is 2. The summed E-state index contributed by atoms with van der Waals surface area (Å²) in [5.41, 5.74) is 5.50. The lowest BCUT2D eigenvalue weighted by molar-refractivity contribution is -0.137. The van der Waals surface area contributed by atoms with E-state index in [2.05, 4.69) is 52.1 Å². The van der Waals surface area contributed by atoms with Crippen molar-refractivity contribution in [1.29, 1.82) is 0 Å². The van der Waals surface area contributed by atoms with Gasteiger partial charge in [-0.05, 0) is 58.4 Å². The molecule has 1 aliphatic carbocycles. The molecule has 2 aromatic carbocycles. The van der Waals surface area contributed by atoms with Crippen LogP contribution in [0.2, 0.25) is 18.1 Å². The van der Waals surface area contributed by atoms with E-state index in [-0.39, 0.29) is 5.04 Å². The van der Waals surface area contributed by atoms with E-state index in [1.54, 1.807) is 12.3 Å². The Hall–Kier alpha value is -2.33. The highest BCUT2D eigenvalue weighted by Gasteiger charge is 2.38. The molecule has 2 aromatic rings. The maximum absolute atomic E-state index is 12.1. The van der Waals surface area contributed by atoms with Crippen molar-refractivity contribution in [2.75, 3.05) is 0 Å². The van der Waals surface area contributed by atoms with E-state index in [0.29, 0.717) is 0 Å². The van der Waals surface area contributed by atoms with Crippen molar-refractivity contribution in [1.82, 2.24) is 0 Å². The fraction of sp³-hybridized carbons (Fsp3) is 0.348. The molecule has 142 valence electrons. The van der Waals surface area contributed by atoms with Gasteiger partial charge < -0.3 is 9.53 Å². The van der Waals surface area contributed by atoms with E-state index in [1.165, 1.54) is 11.1 Å². The van der Waals surface area contributed by atoms with E-state index in [9.17, 15) is 9.90 Å². The smallest absolute Gasteiger partial charge is 0.315 e. The van der Waals surface area contributed by atoms with Crippen molar-refractivity contribution in [3.8, 4) is 11.1 Å². The number of carboxylic acids is 1. The highest BCUT2D eigenvalue weighted by atomic mass is 28.4. The average molecular weight is 381 g/mol. The summed E-state index contributed by atoms with van der Waals surface area (Å²) in [6.07, 6.45) is 4.17. The highest BCUT2D eigenvalue weighted by Crippen LogP contribution is 2.42. The van der Waals surface area contributed by atoms with Gasteiger partial charge in [0.05, 0.1) is 6.26 Å². The molecule has 0 bridgehead atoms. The number of benzene rings is 2. The summed E-state index contributed by atoms with van der Waals surface area (Å²) < 4.78 is 6.08. The van der Waals surface area contributed by atoms with Crippen LogP contribution >= 0.6 is 0 Å². The molecule has 1 atom stereocenters. The molecule has 0 amide bonds. The third-order valence-electron chi connectivity index (χ3n) is 5.89. The molecule has 0 saturated carbocycles. The van der Waals surface area contributed by atoms with Crippen molar-refractivity contribution in [3.05, 3.63) is 71.5 Å². The van der Waals surface area contributed by atoms with E-state index in [1.807, 2.05) is 24.3 Å². The van der Waals surface area contributed by atoms with Crippen molar-refractivity contribution >= 4 is 14.3 Å². The van der Waals surface area contributed by atoms with Crippen LogP contribution < -0.4 is 0 Å². The van der Waals surface area contributed by atoms with Gasteiger partial charge in [0.1, 0.15) is 5.92 Å². The lowest BCUT2D eigenvalue weighted by Gasteiger charge is -2.35. The van der Waals surface area contributed by atoms with Crippen LogP contribution in [-0.4, -0.2) is 19.4 Å². The Bertz CT molecular complexity index is 891. The summed E-state index contributed by atoms with van der Waals surface area (Å²) in [6, 6.07) is 14.2. The molecule has 27 heavy (non-hydrogen) atoms. The lowest BCUT2D eigenvalue weighted by Crippen LogP contribution is -2.39. The third-order valence-corrected chi connectivity index (χ3v) is 10.2. The van der Waals surface area contributed by atoms with Crippen LogP contribution in [0.4, 0.5) is 0 Å². The second kappa shape index (κ2) is 7.00. The molecule has 0 fully saturated rings. The fourth-order valence-corrected chi connectivity index (χ4v) is 4.03. The van der Waals surface area contributed by atoms with Crippen molar-refractivity contribution in [3.63, 3.8) is 0 Å². The predicted molar refractivity (Wildman–Crippen MR) is 112 cm³/mol. The quantitative estimate of drug-likeness (QED) is 0.439. The number of aliphatic carboxylic acids is 1. The normalized spacial score (nSPS) is 14.7. The molecule has 1 N–H and O–H groups in total. The van der Waals surface area contributed by atoms with Crippen LogP contribution in [0.5, 0.6) is 0 Å². The maximum Gasteiger partial charge on any atom is 0.315 e. The minimum absolute atomic E-state index is 0.0724. The molecule has 1 unspecified atom stereocenters. The zero-order valence-electron chi connectivity index (χ0n) is 16.7. The van der Waals surface area contributed by atoms with Crippen molar-refractivity contribution in [2.45, 2.75) is 51.2 Å². The molecular weight excluding hydrogens is 352 g/mol. The molecule has 1 aliphatic rings. The van der Waals surface area contributed by atoms with E-state index < -0.39 is 20.2 Å². The van der Waals surface area contributed by atoms with Gasteiger partial charge >= 0.3 is 5.97 Å². The summed E-state index contributed by atoms with van der Waals surface area (Å²) >= 11 is 0. The summed E-state index contributed by atoms with van der Waals surface area (Å²) in [5, 5.41) is 9.97. The number of carbonyl (C=O) groups is 1. The second-order valence-corrected chi connectivity index (χ2v) is 13.5. The standard InChI is InChI=1S/C23H28O3Si/c1-23(2,3)27(4,5)26-14-13-20(22(24)25)19-12-8-10-17-15-16-9-6-7-11-18(16)21(17)19/h6-14,20H,15H2,1-5H3,(H,24,25). The van der Waals surface area contributed by atoms with Crippen LogP contribution in [-0.2, 0) is 15.6 Å². The van der Waals surface area contributed by atoms with Crippen LogP contribution in [0.15, 0.2) is 54.8 Å². The SMILES string of the molecule is CC(C)(C)[Si](C)(C)OC=CC(C(=O)O)c1cccc2c1-c1ccccc1C2. The maximum atomic E-state index is 12.1. The summed E-state index contributed by atoms with van der Waals surface area (Å²) in [5.74, 6) is -1.58. The summed E-state index contributed by atoms with van der Waals surface area (Å²) in [4.78, 5) is 12.1. The van der Waals surface area contributed by atoms with Crippen molar-refractivity contribution in [2.24, 2.45) is 0 Å². The molecule has 0 aliphatic heterocycles. The summed E-state index contributed by atoms with van der Waals surface area (Å²) in [6.45, 7) is 10.8. The van der Waals surface area contributed by atoms with Crippen LogP contribution in [0.1, 0.15) is 43.4 Å². The molecule has 0 heterocycles. The zero-order valence-corrected chi connectivity index (χ0v) is 17.7. The highest BCUT2D eigenvalue weighted by molar-refractivity contribution is 6.74. The molecule has 3 nitrogen and oxygen atoms in total.